The van der Waals surface area contributed by atoms with Crippen molar-refractivity contribution in [1.82, 2.24) is 5.32 Å². The van der Waals surface area contributed by atoms with E-state index in [1.54, 1.807) is 0 Å². The van der Waals surface area contributed by atoms with Crippen LogP contribution in [0.15, 0.2) is 24.3 Å². The van der Waals surface area contributed by atoms with Gasteiger partial charge in [0.25, 0.3) is 0 Å². The first-order valence-corrected chi connectivity index (χ1v) is 5.77. The Hall–Kier alpha value is -0.570. The third kappa shape index (κ3) is 5.78. The van der Waals surface area contributed by atoms with Gasteiger partial charge in [-0.1, -0.05) is 23.7 Å². The van der Waals surface area contributed by atoms with E-state index in [1.165, 1.54) is 5.56 Å². The fraction of sp³-hybridized carbons (Fsp3) is 0.500. The molecule has 0 amide bonds. The van der Waals surface area contributed by atoms with Crippen LogP contribution < -0.4 is 11.1 Å². The minimum Gasteiger partial charge on any atom is -0.328 e. The third-order valence-corrected chi connectivity index (χ3v) is 2.53. The van der Waals surface area contributed by atoms with Gasteiger partial charge in [-0.2, -0.15) is 0 Å². The molecule has 0 saturated carbocycles. The van der Waals surface area contributed by atoms with Gasteiger partial charge in [0.2, 0.25) is 0 Å². The average molecular weight is 227 g/mol. The quantitative estimate of drug-likeness (QED) is 0.730. The van der Waals surface area contributed by atoms with Gasteiger partial charge >= 0.3 is 0 Å². The highest BCUT2D eigenvalue weighted by atomic mass is 35.5. The van der Waals surface area contributed by atoms with Gasteiger partial charge in [-0.05, 0) is 50.6 Å². The molecule has 1 rings (SSSR count). The first-order valence-electron chi connectivity index (χ1n) is 5.39. The Morgan fingerprint density at radius 2 is 1.93 bits per heavy atom. The Morgan fingerprint density at radius 1 is 1.27 bits per heavy atom. The van der Waals surface area contributed by atoms with Crippen molar-refractivity contribution in [2.75, 3.05) is 13.1 Å². The lowest BCUT2D eigenvalue weighted by Crippen LogP contribution is -2.25. The molecule has 0 fully saturated rings. The lowest BCUT2D eigenvalue weighted by molar-refractivity contribution is 0.590. The van der Waals surface area contributed by atoms with Crippen LogP contribution >= 0.6 is 11.6 Å². The number of hydrogen-bond acceptors (Lipinski definition) is 2. The summed E-state index contributed by atoms with van der Waals surface area (Å²) in [6.07, 6.45) is 2.07. The maximum atomic E-state index is 5.80. The van der Waals surface area contributed by atoms with Crippen LogP contribution in [0.3, 0.4) is 0 Å². The molecule has 1 aromatic rings. The van der Waals surface area contributed by atoms with Crippen LogP contribution in [0, 0.1) is 0 Å². The average Bonchev–Trinajstić information content (AvgIpc) is 2.20. The van der Waals surface area contributed by atoms with E-state index in [1.807, 2.05) is 19.1 Å². The number of halogens is 1. The summed E-state index contributed by atoms with van der Waals surface area (Å²) in [7, 11) is 0. The van der Waals surface area contributed by atoms with Crippen molar-refractivity contribution in [3.05, 3.63) is 34.9 Å². The molecule has 0 saturated heterocycles. The van der Waals surface area contributed by atoms with Crippen molar-refractivity contribution in [2.24, 2.45) is 5.73 Å². The molecule has 0 bridgehead atoms. The van der Waals surface area contributed by atoms with Gasteiger partial charge in [0.15, 0.2) is 0 Å². The molecule has 0 heterocycles. The second-order valence-electron chi connectivity index (χ2n) is 3.89. The lowest BCUT2D eigenvalue weighted by Gasteiger charge is -2.07. The highest BCUT2D eigenvalue weighted by Gasteiger charge is 1.95. The van der Waals surface area contributed by atoms with Crippen LogP contribution in [0.25, 0.3) is 0 Å². The predicted octanol–water partition coefficient (Wildman–Crippen LogP) is 2.21. The summed E-state index contributed by atoms with van der Waals surface area (Å²) in [5.74, 6) is 0. The van der Waals surface area contributed by atoms with Crippen LogP contribution in [0.5, 0.6) is 0 Å². The SMILES string of the molecule is CC(N)CCNCCc1ccc(Cl)cc1. The summed E-state index contributed by atoms with van der Waals surface area (Å²) in [4.78, 5) is 0. The Morgan fingerprint density at radius 3 is 2.53 bits per heavy atom. The maximum Gasteiger partial charge on any atom is 0.0406 e. The molecule has 1 atom stereocenters. The Labute approximate surface area is 96.8 Å². The van der Waals surface area contributed by atoms with E-state index in [-0.39, 0.29) is 6.04 Å². The normalized spacial score (nSPS) is 12.7. The number of nitrogens with two attached hydrogens (primary N) is 1. The summed E-state index contributed by atoms with van der Waals surface area (Å²) in [5, 5.41) is 4.16. The molecule has 1 aromatic carbocycles. The van der Waals surface area contributed by atoms with Crippen LogP contribution in [0.1, 0.15) is 18.9 Å². The number of hydrogen-bond donors (Lipinski definition) is 2. The summed E-state index contributed by atoms with van der Waals surface area (Å²) >= 11 is 5.80. The number of benzene rings is 1. The molecular formula is C12H19ClN2. The second kappa shape index (κ2) is 6.83. The molecule has 0 spiro atoms. The Bertz CT molecular complexity index is 269. The predicted molar refractivity (Wildman–Crippen MR) is 66.3 cm³/mol. The van der Waals surface area contributed by atoms with Gasteiger partial charge < -0.3 is 11.1 Å². The van der Waals surface area contributed by atoms with Gasteiger partial charge in [0.1, 0.15) is 0 Å². The second-order valence-corrected chi connectivity index (χ2v) is 4.33. The zero-order valence-electron chi connectivity index (χ0n) is 9.17. The highest BCUT2D eigenvalue weighted by Crippen LogP contribution is 2.09. The van der Waals surface area contributed by atoms with Crippen LogP contribution in [-0.2, 0) is 6.42 Å². The van der Waals surface area contributed by atoms with Crippen molar-refractivity contribution in [1.29, 1.82) is 0 Å². The van der Waals surface area contributed by atoms with E-state index < -0.39 is 0 Å². The van der Waals surface area contributed by atoms with E-state index in [9.17, 15) is 0 Å². The van der Waals surface area contributed by atoms with E-state index in [2.05, 4.69) is 17.4 Å². The molecule has 3 heteroatoms. The molecule has 0 aliphatic rings. The molecule has 0 aliphatic carbocycles. The fourth-order valence-electron chi connectivity index (χ4n) is 1.34. The molecule has 15 heavy (non-hydrogen) atoms. The summed E-state index contributed by atoms with van der Waals surface area (Å²) < 4.78 is 0. The smallest absolute Gasteiger partial charge is 0.0406 e. The van der Waals surface area contributed by atoms with E-state index >= 15 is 0 Å². The Balaban J connectivity index is 2.12. The summed E-state index contributed by atoms with van der Waals surface area (Å²) in [5.41, 5.74) is 6.96. The summed E-state index contributed by atoms with van der Waals surface area (Å²) in [6, 6.07) is 8.27. The molecule has 0 radical (unpaired) electrons. The van der Waals surface area contributed by atoms with Crippen molar-refractivity contribution < 1.29 is 0 Å². The maximum absolute atomic E-state index is 5.80. The Kier molecular flexibility index (Phi) is 5.69. The van der Waals surface area contributed by atoms with E-state index in [0.29, 0.717) is 0 Å². The van der Waals surface area contributed by atoms with Gasteiger partial charge in [0, 0.05) is 11.1 Å². The van der Waals surface area contributed by atoms with Crippen molar-refractivity contribution in [3.8, 4) is 0 Å². The zero-order chi connectivity index (χ0) is 11.1. The molecule has 84 valence electrons. The highest BCUT2D eigenvalue weighted by molar-refractivity contribution is 6.30. The van der Waals surface area contributed by atoms with Gasteiger partial charge in [-0.25, -0.2) is 0 Å². The summed E-state index contributed by atoms with van der Waals surface area (Å²) in [6.45, 7) is 4.01. The topological polar surface area (TPSA) is 38.0 Å². The number of nitrogens with one attached hydrogen (secondary N) is 1. The van der Waals surface area contributed by atoms with Gasteiger partial charge in [-0.3, -0.25) is 0 Å². The van der Waals surface area contributed by atoms with Crippen LogP contribution in [0.4, 0.5) is 0 Å². The zero-order valence-corrected chi connectivity index (χ0v) is 9.93. The third-order valence-electron chi connectivity index (χ3n) is 2.28. The minimum atomic E-state index is 0.285. The number of rotatable bonds is 6. The van der Waals surface area contributed by atoms with Gasteiger partial charge in [-0.15, -0.1) is 0 Å². The molecule has 0 aromatic heterocycles. The van der Waals surface area contributed by atoms with E-state index in [0.717, 1.165) is 31.0 Å². The van der Waals surface area contributed by atoms with E-state index in [4.69, 9.17) is 17.3 Å². The largest absolute Gasteiger partial charge is 0.328 e. The van der Waals surface area contributed by atoms with Crippen LogP contribution in [0.2, 0.25) is 5.02 Å². The first kappa shape index (κ1) is 12.5. The molecule has 0 aliphatic heterocycles. The molecule has 1 unspecified atom stereocenters. The molecular weight excluding hydrogens is 208 g/mol. The monoisotopic (exact) mass is 226 g/mol. The van der Waals surface area contributed by atoms with Crippen molar-refractivity contribution in [2.45, 2.75) is 25.8 Å². The molecule has 3 N–H and O–H groups in total. The minimum absolute atomic E-state index is 0.285. The van der Waals surface area contributed by atoms with Crippen molar-refractivity contribution in [3.63, 3.8) is 0 Å². The fourth-order valence-corrected chi connectivity index (χ4v) is 1.46. The lowest BCUT2D eigenvalue weighted by atomic mass is 10.1. The van der Waals surface area contributed by atoms with Crippen LogP contribution in [-0.4, -0.2) is 19.1 Å². The molecule has 2 nitrogen and oxygen atoms in total. The standard InChI is InChI=1S/C12H19ClN2/c1-10(14)6-8-15-9-7-11-2-4-12(13)5-3-11/h2-5,10,15H,6-9,14H2,1H3. The van der Waals surface area contributed by atoms with Gasteiger partial charge in [0.05, 0.1) is 0 Å². The first-order chi connectivity index (χ1) is 7.18. The van der Waals surface area contributed by atoms with Crippen molar-refractivity contribution >= 4 is 11.6 Å².